The molecule has 1 heterocycles. The van der Waals surface area contributed by atoms with Crippen molar-refractivity contribution in [1.29, 1.82) is 0 Å². The number of rotatable bonds is 7. The molecule has 0 bridgehead atoms. The molecule has 7 nitrogen and oxygen atoms in total. The second-order valence-electron chi connectivity index (χ2n) is 6.69. The maximum Gasteiger partial charge on any atom is 0.255 e. The van der Waals surface area contributed by atoms with Gasteiger partial charge in [0.2, 0.25) is 10.0 Å². The summed E-state index contributed by atoms with van der Waals surface area (Å²) in [6.45, 7) is 0.874. The fourth-order valence-corrected chi connectivity index (χ4v) is 5.76. The smallest absolute Gasteiger partial charge is 0.255 e. The predicted octanol–water partition coefficient (Wildman–Crippen LogP) is 3.35. The van der Waals surface area contributed by atoms with Crippen LogP contribution in [0.4, 0.5) is 5.69 Å². The largest absolute Gasteiger partial charge is 0.496 e. The lowest BCUT2D eigenvalue weighted by atomic mass is 10.2. The Labute approximate surface area is 184 Å². The molecule has 0 unspecified atom stereocenters. The SMILES string of the molecule is COC[C@@H]1CCCN1S(=O)(=O)c1ccc(NC(=O)c2ccc(OC)c(I)c2)cc1. The topological polar surface area (TPSA) is 84.9 Å². The molecule has 1 aliphatic heterocycles. The van der Waals surface area contributed by atoms with Gasteiger partial charge in [-0.15, -0.1) is 0 Å². The molecular formula is C20H23IN2O5S. The summed E-state index contributed by atoms with van der Waals surface area (Å²) >= 11 is 2.10. The monoisotopic (exact) mass is 530 g/mol. The van der Waals surface area contributed by atoms with Crippen molar-refractivity contribution in [2.24, 2.45) is 0 Å². The van der Waals surface area contributed by atoms with Crippen molar-refractivity contribution >= 4 is 44.2 Å². The van der Waals surface area contributed by atoms with Crippen LogP contribution in [0, 0.1) is 3.57 Å². The van der Waals surface area contributed by atoms with Crippen molar-refractivity contribution in [2.45, 2.75) is 23.8 Å². The molecule has 1 saturated heterocycles. The van der Waals surface area contributed by atoms with Gasteiger partial charge in [-0.3, -0.25) is 4.79 Å². The molecule has 9 heteroatoms. The summed E-state index contributed by atoms with van der Waals surface area (Å²) in [5, 5.41) is 2.79. The van der Waals surface area contributed by atoms with E-state index in [9.17, 15) is 13.2 Å². The van der Waals surface area contributed by atoms with Gasteiger partial charge in [0.1, 0.15) is 5.75 Å². The second-order valence-corrected chi connectivity index (χ2v) is 9.75. The Bertz CT molecular complexity index is 979. The number of hydrogen-bond acceptors (Lipinski definition) is 5. The number of halogens is 1. The van der Waals surface area contributed by atoms with Crippen LogP contribution >= 0.6 is 22.6 Å². The van der Waals surface area contributed by atoms with Crippen LogP contribution in [0.1, 0.15) is 23.2 Å². The van der Waals surface area contributed by atoms with Crippen LogP contribution in [0.2, 0.25) is 0 Å². The third kappa shape index (κ3) is 4.90. The first kappa shape index (κ1) is 22.0. The lowest BCUT2D eigenvalue weighted by molar-refractivity contribution is 0.102. The van der Waals surface area contributed by atoms with Crippen LogP contribution in [-0.2, 0) is 14.8 Å². The first-order valence-electron chi connectivity index (χ1n) is 9.12. The van der Waals surface area contributed by atoms with Crippen molar-refractivity contribution in [3.63, 3.8) is 0 Å². The van der Waals surface area contributed by atoms with Gasteiger partial charge in [0.25, 0.3) is 5.91 Å². The Kier molecular flexibility index (Phi) is 7.14. The second kappa shape index (κ2) is 9.41. The van der Waals surface area contributed by atoms with Crippen LogP contribution in [0.15, 0.2) is 47.4 Å². The van der Waals surface area contributed by atoms with Gasteiger partial charge in [0.15, 0.2) is 0 Å². The summed E-state index contributed by atoms with van der Waals surface area (Å²) < 4.78 is 38.6. The fraction of sp³-hybridized carbons (Fsp3) is 0.350. The number of methoxy groups -OCH3 is 2. The van der Waals surface area contributed by atoms with Crippen molar-refractivity contribution < 1.29 is 22.7 Å². The highest BCUT2D eigenvalue weighted by Crippen LogP contribution is 2.27. The van der Waals surface area contributed by atoms with Gasteiger partial charge >= 0.3 is 0 Å². The Hall–Kier alpha value is -1.69. The molecular weight excluding hydrogens is 507 g/mol. The van der Waals surface area contributed by atoms with Crippen LogP contribution in [-0.4, -0.2) is 52.0 Å². The number of benzene rings is 2. The Morgan fingerprint density at radius 2 is 1.93 bits per heavy atom. The van der Waals surface area contributed by atoms with E-state index < -0.39 is 10.0 Å². The van der Waals surface area contributed by atoms with Crippen molar-refractivity contribution in [1.82, 2.24) is 4.31 Å². The van der Waals surface area contributed by atoms with E-state index in [4.69, 9.17) is 9.47 Å². The number of sulfonamides is 1. The van der Waals surface area contributed by atoms with Gasteiger partial charge in [0.05, 0.1) is 22.2 Å². The van der Waals surface area contributed by atoms with Gasteiger partial charge in [-0.1, -0.05) is 0 Å². The molecule has 0 spiro atoms. The zero-order valence-corrected chi connectivity index (χ0v) is 19.2. The molecule has 0 aromatic heterocycles. The van der Waals surface area contributed by atoms with Gasteiger partial charge in [0, 0.05) is 30.9 Å². The minimum atomic E-state index is -3.60. The molecule has 0 saturated carbocycles. The first-order valence-corrected chi connectivity index (χ1v) is 11.6. The third-order valence-electron chi connectivity index (χ3n) is 4.81. The highest BCUT2D eigenvalue weighted by molar-refractivity contribution is 14.1. The molecule has 29 heavy (non-hydrogen) atoms. The van der Waals surface area contributed by atoms with E-state index in [-0.39, 0.29) is 16.8 Å². The van der Waals surface area contributed by atoms with E-state index in [2.05, 4.69) is 27.9 Å². The summed E-state index contributed by atoms with van der Waals surface area (Å²) in [4.78, 5) is 12.7. The number of anilines is 1. The summed E-state index contributed by atoms with van der Waals surface area (Å²) in [6, 6.07) is 11.2. The van der Waals surface area contributed by atoms with Crippen LogP contribution in [0.3, 0.4) is 0 Å². The van der Waals surface area contributed by atoms with Crippen LogP contribution in [0.5, 0.6) is 5.75 Å². The van der Waals surface area contributed by atoms with E-state index in [0.717, 1.165) is 16.4 Å². The number of amides is 1. The van der Waals surface area contributed by atoms with Crippen molar-refractivity contribution in [3.05, 3.63) is 51.6 Å². The van der Waals surface area contributed by atoms with Crippen LogP contribution in [0.25, 0.3) is 0 Å². The van der Waals surface area contributed by atoms with Gasteiger partial charge in [-0.05, 0) is 77.9 Å². The molecule has 1 atom stereocenters. The number of carbonyl (C=O) groups excluding carboxylic acids is 1. The molecule has 0 aliphatic carbocycles. The average molecular weight is 530 g/mol. The maximum absolute atomic E-state index is 12.9. The third-order valence-corrected chi connectivity index (χ3v) is 7.62. The van der Waals surface area contributed by atoms with Crippen LogP contribution < -0.4 is 10.1 Å². The van der Waals surface area contributed by atoms with E-state index in [1.807, 2.05) is 0 Å². The summed E-state index contributed by atoms with van der Waals surface area (Å²) in [5.74, 6) is 0.422. The zero-order valence-electron chi connectivity index (χ0n) is 16.2. The lowest BCUT2D eigenvalue weighted by Crippen LogP contribution is -2.38. The Morgan fingerprint density at radius 3 is 2.55 bits per heavy atom. The molecule has 2 aromatic rings. The normalized spacial score (nSPS) is 17.3. The Morgan fingerprint density at radius 1 is 1.21 bits per heavy atom. The summed E-state index contributed by atoms with van der Waals surface area (Å²) in [5.41, 5.74) is 1.01. The van der Waals surface area contributed by atoms with Gasteiger partial charge < -0.3 is 14.8 Å². The van der Waals surface area contributed by atoms with E-state index in [0.29, 0.717) is 30.2 Å². The molecule has 156 valence electrons. The molecule has 0 radical (unpaired) electrons. The zero-order chi connectivity index (χ0) is 21.0. The standard InChI is InChI=1S/C20H23IN2O5S/c1-27-13-16-4-3-11-23(16)29(25,26)17-8-6-15(7-9-17)22-20(24)14-5-10-19(28-2)18(21)12-14/h5-10,12,16H,3-4,11,13H2,1-2H3,(H,22,24)/t16-/m0/s1. The van der Waals surface area contributed by atoms with E-state index in [1.165, 1.54) is 16.4 Å². The molecule has 1 N–H and O–H groups in total. The fourth-order valence-electron chi connectivity index (χ4n) is 3.34. The highest BCUT2D eigenvalue weighted by atomic mass is 127. The molecule has 2 aromatic carbocycles. The summed E-state index contributed by atoms with van der Waals surface area (Å²) in [7, 11) is -0.445. The van der Waals surface area contributed by atoms with Crippen molar-refractivity contribution in [3.8, 4) is 5.75 Å². The molecule has 1 aliphatic rings. The van der Waals surface area contributed by atoms with E-state index in [1.54, 1.807) is 44.6 Å². The van der Waals surface area contributed by atoms with Gasteiger partial charge in [-0.25, -0.2) is 8.42 Å². The predicted molar refractivity (Wildman–Crippen MR) is 119 cm³/mol. The van der Waals surface area contributed by atoms with Gasteiger partial charge in [-0.2, -0.15) is 4.31 Å². The number of nitrogens with one attached hydrogen (secondary N) is 1. The Balaban J connectivity index is 1.73. The quantitative estimate of drug-likeness (QED) is 0.556. The van der Waals surface area contributed by atoms with Crippen molar-refractivity contribution in [2.75, 3.05) is 32.7 Å². The number of hydrogen-bond donors (Lipinski definition) is 1. The molecule has 3 rings (SSSR count). The minimum Gasteiger partial charge on any atom is -0.496 e. The average Bonchev–Trinajstić information content (AvgIpc) is 3.18. The maximum atomic E-state index is 12.9. The number of nitrogens with zero attached hydrogens (tertiary/aromatic N) is 1. The highest BCUT2D eigenvalue weighted by Gasteiger charge is 2.35. The lowest BCUT2D eigenvalue weighted by Gasteiger charge is -2.23. The van der Waals surface area contributed by atoms with E-state index >= 15 is 0 Å². The minimum absolute atomic E-state index is 0.137. The number of carbonyl (C=O) groups is 1. The molecule has 1 amide bonds. The summed E-state index contributed by atoms with van der Waals surface area (Å²) in [6.07, 6.45) is 1.62. The number of ether oxygens (including phenoxy) is 2. The molecule has 1 fully saturated rings. The first-order chi connectivity index (χ1) is 13.9.